The number of aliphatic hydroxyl groups excluding tert-OH is 1. The number of rotatable bonds is 3. The maximum Gasteiger partial charge on any atom is 0.268 e. The lowest BCUT2D eigenvalue weighted by Crippen LogP contribution is -2.28. The molecule has 0 fully saturated rings. The normalized spacial score (nSPS) is 10.6. The van der Waals surface area contributed by atoms with E-state index >= 15 is 0 Å². The average molecular weight is 372 g/mol. The van der Waals surface area contributed by atoms with E-state index in [1.807, 2.05) is 0 Å². The van der Waals surface area contributed by atoms with Crippen LogP contribution in [0.2, 0.25) is 0 Å². The fourth-order valence-corrected chi connectivity index (χ4v) is 2.31. The Morgan fingerprint density at radius 1 is 1.32 bits per heavy atom. The quantitative estimate of drug-likeness (QED) is 0.369. The van der Waals surface area contributed by atoms with Gasteiger partial charge >= 0.3 is 0 Å². The highest BCUT2D eigenvalue weighted by Crippen LogP contribution is 2.27. The van der Waals surface area contributed by atoms with Crippen molar-refractivity contribution in [2.45, 2.75) is 6.92 Å². The van der Waals surface area contributed by atoms with Crippen LogP contribution in [0.1, 0.15) is 22.3 Å². The Morgan fingerprint density at radius 3 is 2.68 bits per heavy atom. The Morgan fingerprint density at radius 2 is 2.07 bits per heavy atom. The van der Waals surface area contributed by atoms with E-state index in [1.54, 1.807) is 43.6 Å². The molecule has 1 amide bonds. The number of aryl methyl sites for hydroxylation is 1. The van der Waals surface area contributed by atoms with Crippen molar-refractivity contribution in [3.8, 4) is 29.7 Å². The second-order valence-corrected chi connectivity index (χ2v) is 5.84. The molecule has 2 aromatic rings. The minimum atomic E-state index is -0.718. The Bertz CT molecular complexity index is 1080. The van der Waals surface area contributed by atoms with E-state index in [9.17, 15) is 20.3 Å². The molecule has 0 aliphatic carbocycles. The molecular weight excluding hydrogens is 356 g/mol. The highest BCUT2D eigenvalue weighted by Gasteiger charge is 2.21. The third-order valence-corrected chi connectivity index (χ3v) is 3.81. The lowest BCUT2D eigenvalue weighted by molar-refractivity contribution is -0.124. The molecule has 1 heterocycles. The number of carbonyl (C=O) groups is 1. The van der Waals surface area contributed by atoms with Crippen molar-refractivity contribution >= 4 is 11.7 Å². The van der Waals surface area contributed by atoms with E-state index in [4.69, 9.17) is 5.26 Å². The number of carbonyl (C=O) groups excluding carboxylic acids is 1. The summed E-state index contributed by atoms with van der Waals surface area (Å²) in [6.45, 7) is 1.57. The molecule has 0 aliphatic rings. The van der Waals surface area contributed by atoms with Crippen molar-refractivity contribution in [1.82, 2.24) is 9.88 Å². The third kappa shape index (κ3) is 4.46. The molecule has 28 heavy (non-hydrogen) atoms. The lowest BCUT2D eigenvalue weighted by atomic mass is 10.0. The summed E-state index contributed by atoms with van der Waals surface area (Å²) in [5.74, 6) is 4.14. The minimum Gasteiger partial charge on any atom is -0.506 e. The summed E-state index contributed by atoms with van der Waals surface area (Å²) in [7, 11) is 1.45. The molecule has 1 aromatic heterocycles. The van der Waals surface area contributed by atoms with Gasteiger partial charge in [-0.05, 0) is 36.8 Å². The number of phenols is 1. The van der Waals surface area contributed by atoms with Gasteiger partial charge in [0.25, 0.3) is 5.91 Å². The molecule has 0 spiro atoms. The van der Waals surface area contributed by atoms with Crippen molar-refractivity contribution in [2.24, 2.45) is 0 Å². The van der Waals surface area contributed by atoms with Gasteiger partial charge in [-0.25, -0.2) is 0 Å². The van der Waals surface area contributed by atoms with Crippen LogP contribution in [0.15, 0.2) is 42.2 Å². The first kappa shape index (κ1) is 20.0. The number of aliphatic hydroxyl groups is 1. The molecule has 0 saturated carbocycles. The van der Waals surface area contributed by atoms with Crippen molar-refractivity contribution in [3.05, 3.63) is 64.5 Å². The first-order valence-corrected chi connectivity index (χ1v) is 8.10. The van der Waals surface area contributed by atoms with Crippen LogP contribution in [-0.2, 0) is 4.79 Å². The van der Waals surface area contributed by atoms with E-state index in [0.29, 0.717) is 11.1 Å². The van der Waals surface area contributed by atoms with E-state index < -0.39 is 17.2 Å². The molecule has 138 valence electrons. The van der Waals surface area contributed by atoms with Gasteiger partial charge in [-0.1, -0.05) is 11.8 Å². The highest BCUT2D eigenvalue weighted by molar-refractivity contribution is 6.03. The summed E-state index contributed by atoms with van der Waals surface area (Å²) in [6, 6.07) is 9.60. The van der Waals surface area contributed by atoms with Crippen LogP contribution in [-0.4, -0.2) is 39.6 Å². The smallest absolute Gasteiger partial charge is 0.268 e. The Hall–Kier alpha value is -4.28. The van der Waals surface area contributed by atoms with Gasteiger partial charge < -0.3 is 15.1 Å². The van der Waals surface area contributed by atoms with E-state index in [0.717, 1.165) is 0 Å². The first-order chi connectivity index (χ1) is 13.4. The number of aromatic hydroxyl groups is 1. The summed E-state index contributed by atoms with van der Waals surface area (Å²) >= 11 is 0. The number of pyridine rings is 1. The number of nitriles is 2. The zero-order valence-corrected chi connectivity index (χ0v) is 15.3. The predicted octanol–water partition coefficient (Wildman–Crippen LogP) is 2.27. The van der Waals surface area contributed by atoms with Gasteiger partial charge in [0, 0.05) is 30.6 Å². The van der Waals surface area contributed by atoms with Gasteiger partial charge in [0.2, 0.25) is 0 Å². The second kappa shape index (κ2) is 8.89. The van der Waals surface area contributed by atoms with E-state index in [-0.39, 0.29) is 23.4 Å². The van der Waals surface area contributed by atoms with Crippen LogP contribution >= 0.6 is 0 Å². The molecule has 0 aliphatic heterocycles. The molecule has 0 saturated heterocycles. The fraction of sp³-hybridized carbons (Fsp3) is 0.143. The fourth-order valence-electron chi connectivity index (χ4n) is 2.31. The molecule has 0 unspecified atom stereocenters. The molecule has 7 heteroatoms. The summed E-state index contributed by atoms with van der Waals surface area (Å²) in [6.07, 6.45) is 3.21. The highest BCUT2D eigenvalue weighted by atomic mass is 16.3. The molecular formula is C21H16N4O3. The Kier molecular flexibility index (Phi) is 6.36. The molecule has 2 rings (SSSR count). The first-order valence-electron chi connectivity index (χ1n) is 8.10. The molecule has 1 aromatic carbocycles. The number of nitrogens with zero attached hydrogens (tertiary/aromatic N) is 4. The largest absolute Gasteiger partial charge is 0.506 e. The molecule has 2 N–H and O–H groups in total. The van der Waals surface area contributed by atoms with E-state index in [2.05, 4.69) is 16.8 Å². The maximum atomic E-state index is 12.5. The van der Waals surface area contributed by atoms with Crippen molar-refractivity contribution < 1.29 is 15.0 Å². The minimum absolute atomic E-state index is 0.0320. The molecule has 7 nitrogen and oxygen atoms in total. The summed E-state index contributed by atoms with van der Waals surface area (Å²) in [4.78, 5) is 17.7. The number of aromatic nitrogens is 1. The van der Waals surface area contributed by atoms with Crippen molar-refractivity contribution in [2.75, 3.05) is 13.6 Å². The zero-order valence-electron chi connectivity index (χ0n) is 15.3. The zero-order chi connectivity index (χ0) is 20.7. The van der Waals surface area contributed by atoms with Crippen LogP contribution in [0, 0.1) is 41.4 Å². The Balaban J connectivity index is 2.29. The average Bonchev–Trinajstić information content (AvgIpc) is 2.70. The molecule has 0 atom stereocenters. The van der Waals surface area contributed by atoms with Crippen molar-refractivity contribution in [3.63, 3.8) is 0 Å². The van der Waals surface area contributed by atoms with Crippen LogP contribution in [0.4, 0.5) is 0 Å². The van der Waals surface area contributed by atoms with Gasteiger partial charge in [0.05, 0.1) is 12.1 Å². The monoisotopic (exact) mass is 372 g/mol. The van der Waals surface area contributed by atoms with Crippen LogP contribution in [0.25, 0.3) is 5.76 Å². The van der Waals surface area contributed by atoms with Crippen LogP contribution in [0.3, 0.4) is 0 Å². The number of phenolic OH excluding ortho intramolecular Hbond substituents is 1. The van der Waals surface area contributed by atoms with Crippen LogP contribution in [0.5, 0.6) is 5.75 Å². The molecule has 0 radical (unpaired) electrons. The third-order valence-electron chi connectivity index (χ3n) is 3.81. The number of benzene rings is 1. The van der Waals surface area contributed by atoms with Gasteiger partial charge in [0.15, 0.2) is 5.57 Å². The maximum absolute atomic E-state index is 12.5. The molecule has 0 bridgehead atoms. The number of amides is 1. The van der Waals surface area contributed by atoms with Crippen molar-refractivity contribution in [1.29, 1.82) is 10.5 Å². The van der Waals surface area contributed by atoms with Gasteiger partial charge in [-0.3, -0.25) is 9.78 Å². The van der Waals surface area contributed by atoms with Gasteiger partial charge in [-0.15, -0.1) is 0 Å². The summed E-state index contributed by atoms with van der Waals surface area (Å²) in [5, 5.41) is 38.6. The number of hydrogen-bond acceptors (Lipinski definition) is 6. The topological polar surface area (TPSA) is 121 Å². The van der Waals surface area contributed by atoms with Crippen LogP contribution < -0.4 is 0 Å². The predicted molar refractivity (Wildman–Crippen MR) is 101 cm³/mol. The summed E-state index contributed by atoms with van der Waals surface area (Å²) < 4.78 is 0. The second-order valence-electron chi connectivity index (χ2n) is 5.84. The number of likely N-dealkylation sites (N-methyl/N-ethyl adjacent to an activating group) is 1. The van der Waals surface area contributed by atoms with Gasteiger partial charge in [-0.2, -0.15) is 10.5 Å². The number of hydrogen-bond donors (Lipinski definition) is 2. The Labute approximate surface area is 162 Å². The standard InChI is InChI=1S/C21H16N4O3/c1-14-9-16(10-17(11-22)19(14)26)20(27)18(12-23)21(28)25(2)8-4-6-15-5-3-7-24-13-15/h3,5,7,9-10,13,26-27H,8H2,1-2H3/b20-18-. The lowest BCUT2D eigenvalue weighted by Gasteiger charge is -2.14. The SMILES string of the molecule is Cc1cc(/C(O)=C(\C#N)C(=O)N(C)CC#Cc2cccnc2)cc(C#N)c1O. The van der Waals surface area contributed by atoms with Gasteiger partial charge in [0.1, 0.15) is 23.6 Å². The summed E-state index contributed by atoms with van der Waals surface area (Å²) in [5.41, 5.74) is 0.556. The van der Waals surface area contributed by atoms with E-state index in [1.165, 1.54) is 24.1 Å².